The monoisotopic (exact) mass is 310 g/mol. The van der Waals surface area contributed by atoms with Gasteiger partial charge in [-0.05, 0) is 47.1 Å². The topological polar surface area (TPSA) is 26.3 Å². The number of hydrogen-bond donors (Lipinski definition) is 0. The number of carbonyl (C=O) groups is 1. The lowest BCUT2D eigenvalue weighted by Gasteiger charge is -2.23. The van der Waals surface area contributed by atoms with Crippen LogP contribution < -0.4 is 4.74 Å². The number of benzene rings is 2. The molecule has 2 aromatic carbocycles. The lowest BCUT2D eigenvalue weighted by atomic mass is 9.82. The molecule has 0 radical (unpaired) electrons. The van der Waals surface area contributed by atoms with Gasteiger partial charge in [0.25, 0.3) is 0 Å². The summed E-state index contributed by atoms with van der Waals surface area (Å²) in [5, 5.41) is 0. The number of rotatable bonds is 8. The van der Waals surface area contributed by atoms with Gasteiger partial charge >= 0.3 is 0 Å². The summed E-state index contributed by atoms with van der Waals surface area (Å²) < 4.78 is 5.88. The predicted octanol–water partition coefficient (Wildman–Crippen LogP) is 5.08. The fourth-order valence-electron chi connectivity index (χ4n) is 2.44. The third kappa shape index (κ3) is 4.95. The summed E-state index contributed by atoms with van der Waals surface area (Å²) in [5.74, 6) is 0.853. The van der Waals surface area contributed by atoms with Crippen LogP contribution in [0.1, 0.15) is 50.3 Å². The zero-order valence-electron chi connectivity index (χ0n) is 14.3. The van der Waals surface area contributed by atoms with E-state index in [0.29, 0.717) is 13.0 Å². The third-order valence-corrected chi connectivity index (χ3v) is 4.47. The van der Waals surface area contributed by atoms with E-state index < -0.39 is 0 Å². The Morgan fingerprint density at radius 2 is 1.78 bits per heavy atom. The minimum atomic E-state index is 0.215. The first-order valence-corrected chi connectivity index (χ1v) is 8.30. The van der Waals surface area contributed by atoms with Gasteiger partial charge in [0, 0.05) is 6.42 Å². The first-order valence-electron chi connectivity index (χ1n) is 8.30. The molecule has 122 valence electrons. The number of aldehydes is 1. The molecule has 2 heteroatoms. The molecule has 2 aromatic rings. The highest BCUT2D eigenvalue weighted by atomic mass is 16.5. The van der Waals surface area contributed by atoms with Crippen LogP contribution in [0.2, 0.25) is 0 Å². The van der Waals surface area contributed by atoms with Gasteiger partial charge in [-0.2, -0.15) is 0 Å². The van der Waals surface area contributed by atoms with Gasteiger partial charge in [-0.3, -0.25) is 0 Å². The van der Waals surface area contributed by atoms with Gasteiger partial charge < -0.3 is 9.53 Å². The predicted molar refractivity (Wildman–Crippen MR) is 94.9 cm³/mol. The standard InChI is InChI=1S/C21H26O2/c1-4-21(2,3)19-12-10-18(11-13-19)16-23-20-9-5-7-17(15-20)8-6-14-22/h5,7,9-15H,4,6,8,16H2,1-3H3. The van der Waals surface area contributed by atoms with Gasteiger partial charge in [0.15, 0.2) is 0 Å². The second-order valence-corrected chi connectivity index (χ2v) is 6.58. The quantitative estimate of drug-likeness (QED) is 0.635. The molecule has 0 saturated carbocycles. The number of carbonyl (C=O) groups excluding carboxylic acids is 1. The Kier molecular flexibility index (Phi) is 5.97. The van der Waals surface area contributed by atoms with Crippen LogP contribution in [0.4, 0.5) is 0 Å². The van der Waals surface area contributed by atoms with Gasteiger partial charge in [0.05, 0.1) is 0 Å². The number of aryl methyl sites for hydroxylation is 1. The van der Waals surface area contributed by atoms with Crippen molar-refractivity contribution in [1.82, 2.24) is 0 Å². The molecule has 0 aliphatic heterocycles. The Balaban J connectivity index is 1.97. The van der Waals surface area contributed by atoms with Gasteiger partial charge in [0.1, 0.15) is 18.6 Å². The molecule has 2 rings (SSSR count). The van der Waals surface area contributed by atoms with Crippen molar-refractivity contribution in [2.75, 3.05) is 0 Å². The van der Waals surface area contributed by atoms with E-state index in [2.05, 4.69) is 45.0 Å². The van der Waals surface area contributed by atoms with Crippen LogP contribution in [0.5, 0.6) is 5.75 Å². The molecule has 0 aliphatic rings. The second kappa shape index (κ2) is 7.96. The highest BCUT2D eigenvalue weighted by Crippen LogP contribution is 2.27. The van der Waals surface area contributed by atoms with E-state index in [1.807, 2.05) is 24.3 Å². The van der Waals surface area contributed by atoms with Crippen LogP contribution in [0, 0.1) is 0 Å². The molecule has 0 N–H and O–H groups in total. The van der Waals surface area contributed by atoms with Crippen LogP contribution in [-0.2, 0) is 23.2 Å². The average Bonchev–Trinajstić information content (AvgIpc) is 2.59. The molecule has 0 saturated heterocycles. The Hall–Kier alpha value is -2.09. The average molecular weight is 310 g/mol. The SMILES string of the molecule is CCC(C)(C)c1ccc(COc2cccc(CCC=O)c2)cc1. The lowest BCUT2D eigenvalue weighted by Crippen LogP contribution is -2.15. The fourth-order valence-corrected chi connectivity index (χ4v) is 2.44. The number of ether oxygens (including phenoxy) is 1. The van der Waals surface area contributed by atoms with E-state index in [9.17, 15) is 4.79 Å². The summed E-state index contributed by atoms with van der Waals surface area (Å²) in [6.45, 7) is 7.31. The van der Waals surface area contributed by atoms with Crippen molar-refractivity contribution >= 4 is 6.29 Å². The van der Waals surface area contributed by atoms with Crippen LogP contribution in [0.15, 0.2) is 48.5 Å². The number of hydrogen-bond acceptors (Lipinski definition) is 2. The molecule has 0 fully saturated rings. The minimum Gasteiger partial charge on any atom is -0.489 e. The molecule has 0 unspecified atom stereocenters. The van der Waals surface area contributed by atoms with E-state index in [1.54, 1.807) is 0 Å². The maximum absolute atomic E-state index is 10.5. The lowest BCUT2D eigenvalue weighted by molar-refractivity contribution is -0.107. The summed E-state index contributed by atoms with van der Waals surface area (Å²) in [6.07, 6.45) is 3.39. The highest BCUT2D eigenvalue weighted by molar-refractivity contribution is 5.50. The van der Waals surface area contributed by atoms with Gasteiger partial charge in [-0.25, -0.2) is 0 Å². The molecular formula is C21H26O2. The summed E-state index contributed by atoms with van der Waals surface area (Å²) in [4.78, 5) is 10.5. The van der Waals surface area contributed by atoms with Gasteiger partial charge in [-0.1, -0.05) is 57.2 Å². The van der Waals surface area contributed by atoms with Crippen molar-refractivity contribution in [3.63, 3.8) is 0 Å². The van der Waals surface area contributed by atoms with Crippen molar-refractivity contribution in [3.8, 4) is 5.75 Å². The van der Waals surface area contributed by atoms with Gasteiger partial charge in [0.2, 0.25) is 0 Å². The normalized spacial score (nSPS) is 11.3. The molecule has 0 heterocycles. The highest BCUT2D eigenvalue weighted by Gasteiger charge is 2.17. The summed E-state index contributed by atoms with van der Waals surface area (Å²) in [6, 6.07) is 16.6. The zero-order valence-corrected chi connectivity index (χ0v) is 14.3. The summed E-state index contributed by atoms with van der Waals surface area (Å²) in [5.41, 5.74) is 3.87. The van der Waals surface area contributed by atoms with Crippen LogP contribution >= 0.6 is 0 Å². The largest absolute Gasteiger partial charge is 0.489 e. The second-order valence-electron chi connectivity index (χ2n) is 6.58. The van der Waals surface area contributed by atoms with E-state index >= 15 is 0 Å². The van der Waals surface area contributed by atoms with Crippen molar-refractivity contribution in [3.05, 3.63) is 65.2 Å². The Bertz CT molecular complexity index is 627. The van der Waals surface area contributed by atoms with E-state index in [-0.39, 0.29) is 5.41 Å². The molecule has 0 spiro atoms. The first kappa shape index (κ1) is 17.3. The molecule has 2 nitrogen and oxygen atoms in total. The molecule has 0 aliphatic carbocycles. The molecule has 0 aromatic heterocycles. The van der Waals surface area contributed by atoms with Crippen molar-refractivity contribution in [2.24, 2.45) is 0 Å². The van der Waals surface area contributed by atoms with Crippen LogP contribution in [0.25, 0.3) is 0 Å². The van der Waals surface area contributed by atoms with Gasteiger partial charge in [-0.15, -0.1) is 0 Å². The maximum Gasteiger partial charge on any atom is 0.120 e. The first-order chi connectivity index (χ1) is 11.0. The van der Waals surface area contributed by atoms with E-state index in [4.69, 9.17) is 4.74 Å². The Labute approximate surface area is 139 Å². The Morgan fingerprint density at radius 3 is 2.43 bits per heavy atom. The molecule has 23 heavy (non-hydrogen) atoms. The maximum atomic E-state index is 10.5. The molecule has 0 atom stereocenters. The molecular weight excluding hydrogens is 284 g/mol. The van der Waals surface area contributed by atoms with Crippen molar-refractivity contribution in [1.29, 1.82) is 0 Å². The van der Waals surface area contributed by atoms with E-state index in [0.717, 1.165) is 30.4 Å². The molecule has 0 amide bonds. The minimum absolute atomic E-state index is 0.215. The summed E-state index contributed by atoms with van der Waals surface area (Å²) in [7, 11) is 0. The van der Waals surface area contributed by atoms with Crippen molar-refractivity contribution < 1.29 is 9.53 Å². The zero-order chi connectivity index (χ0) is 16.7. The smallest absolute Gasteiger partial charge is 0.120 e. The van der Waals surface area contributed by atoms with Crippen LogP contribution in [0.3, 0.4) is 0 Å². The van der Waals surface area contributed by atoms with Crippen molar-refractivity contribution in [2.45, 2.75) is 52.1 Å². The summed E-state index contributed by atoms with van der Waals surface area (Å²) >= 11 is 0. The molecule has 0 bridgehead atoms. The van der Waals surface area contributed by atoms with Crippen LogP contribution in [-0.4, -0.2) is 6.29 Å². The van der Waals surface area contributed by atoms with E-state index in [1.165, 1.54) is 11.1 Å². The fraction of sp³-hybridized carbons (Fsp3) is 0.381. The third-order valence-electron chi connectivity index (χ3n) is 4.47. The Morgan fingerprint density at radius 1 is 1.04 bits per heavy atom.